The predicted octanol–water partition coefficient (Wildman–Crippen LogP) is 10.5. The minimum absolute atomic E-state index is 0.0394. The van der Waals surface area contributed by atoms with Crippen molar-refractivity contribution in [3.05, 3.63) is 177 Å². The highest BCUT2D eigenvalue weighted by atomic mass is 79.9. The van der Waals surface area contributed by atoms with E-state index in [0.29, 0.717) is 24.5 Å². The average molecular weight is 911 g/mol. The van der Waals surface area contributed by atoms with Crippen LogP contribution < -0.4 is 5.32 Å². The fourth-order valence-corrected chi connectivity index (χ4v) is 9.33. The van der Waals surface area contributed by atoms with Gasteiger partial charge in [-0.1, -0.05) is 154 Å². The lowest BCUT2D eigenvalue weighted by molar-refractivity contribution is -0.146. The van der Waals surface area contributed by atoms with Gasteiger partial charge in [-0.05, 0) is 73.4 Å². The third-order valence-corrected chi connectivity index (χ3v) is 12.6. The van der Waals surface area contributed by atoms with Gasteiger partial charge < -0.3 is 19.0 Å². The second-order valence-electron chi connectivity index (χ2n) is 15.0. The first-order valence-corrected chi connectivity index (χ1v) is 21.8. The Kier molecular flexibility index (Phi) is 12.5. The summed E-state index contributed by atoms with van der Waals surface area (Å²) in [6.07, 6.45) is 4.46. The van der Waals surface area contributed by atoms with Crippen molar-refractivity contribution in [3.8, 4) is 33.6 Å². The first-order valence-electron chi connectivity index (χ1n) is 20.7. The number of carbonyl (C=O) groups is 2. The number of aryl methyl sites for hydroxylation is 1. The number of nitrogens with zero attached hydrogens (tertiary/aromatic N) is 6. The first-order chi connectivity index (χ1) is 30.2. The van der Waals surface area contributed by atoms with Crippen molar-refractivity contribution >= 4 is 39.4 Å². The predicted molar refractivity (Wildman–Crippen MR) is 243 cm³/mol. The van der Waals surface area contributed by atoms with E-state index in [9.17, 15) is 9.59 Å². The molecule has 3 heterocycles. The van der Waals surface area contributed by atoms with E-state index in [1.165, 1.54) is 0 Å². The van der Waals surface area contributed by atoms with E-state index >= 15 is 0 Å². The number of carbonyl (C=O) groups excluding carboxylic acids is 2. The third kappa shape index (κ3) is 7.62. The second kappa shape index (κ2) is 18.3. The van der Waals surface area contributed by atoms with E-state index in [0.717, 1.165) is 54.5 Å². The summed E-state index contributed by atoms with van der Waals surface area (Å²) >= 11 is 10.8. The molecule has 1 aliphatic heterocycles. The van der Waals surface area contributed by atoms with Crippen LogP contribution in [0, 0.1) is 5.92 Å². The molecule has 1 N–H and O–H groups in total. The minimum atomic E-state index is -0.971. The zero-order valence-corrected chi connectivity index (χ0v) is 37.1. The second-order valence-corrected chi connectivity index (χ2v) is 16.2. The Morgan fingerprint density at radius 3 is 2.00 bits per heavy atom. The molecule has 0 fully saturated rings. The Morgan fingerprint density at radius 2 is 1.42 bits per heavy atom. The molecule has 2 aromatic heterocycles. The standard InChI is InChI=1S/C49H45BrClN7O4/c1-5-31(4)43(48(60)62-7-3)53-47(59)44-45(51)52-40(6-2)57(44)29-38-35-27-28-61-30-39(35)42(50)41(38)36-25-17-18-26-37(36)46-54-56-58(55-46)49(32-19-11-8-12-20-32,33-21-13-9-14-22-33)34-23-15-10-16-24-34/h8-28,30-31,43H,5-7,29H2,1-4H3,(H,53,59)/t31-,43-/m0/s1. The Morgan fingerprint density at radius 1 is 0.823 bits per heavy atom. The molecular weight excluding hydrogens is 866 g/mol. The number of tetrazole rings is 1. The number of hydrogen-bond acceptors (Lipinski definition) is 8. The van der Waals surface area contributed by atoms with Crippen LogP contribution in [0.15, 0.2) is 143 Å². The molecule has 0 saturated heterocycles. The topological polar surface area (TPSA) is 130 Å². The van der Waals surface area contributed by atoms with Crippen LogP contribution in [0.3, 0.4) is 0 Å². The van der Waals surface area contributed by atoms with Crippen molar-refractivity contribution in [2.45, 2.75) is 58.7 Å². The zero-order valence-electron chi connectivity index (χ0n) is 34.8. The van der Waals surface area contributed by atoms with Gasteiger partial charge in [0.1, 0.15) is 17.6 Å². The van der Waals surface area contributed by atoms with Crippen LogP contribution in [0.5, 0.6) is 0 Å². The Labute approximate surface area is 373 Å². The van der Waals surface area contributed by atoms with Gasteiger partial charge in [-0.15, -0.1) is 15.0 Å². The van der Waals surface area contributed by atoms with Crippen molar-refractivity contribution in [2.75, 3.05) is 6.61 Å². The van der Waals surface area contributed by atoms with E-state index in [2.05, 4.69) is 62.6 Å². The third-order valence-electron chi connectivity index (χ3n) is 11.5. The molecule has 0 spiro atoms. The summed E-state index contributed by atoms with van der Waals surface area (Å²) in [5, 5.41) is 17.9. The number of fused-ring (bicyclic) bond motifs is 1. The van der Waals surface area contributed by atoms with Gasteiger partial charge in [0, 0.05) is 27.6 Å². The summed E-state index contributed by atoms with van der Waals surface area (Å²) in [4.78, 5) is 33.7. The lowest BCUT2D eigenvalue weighted by Crippen LogP contribution is -2.46. The molecule has 8 rings (SSSR count). The first kappa shape index (κ1) is 42.3. The fraction of sp³-hybridized carbons (Fsp3) is 0.224. The van der Waals surface area contributed by atoms with Gasteiger partial charge in [-0.3, -0.25) is 4.79 Å². The van der Waals surface area contributed by atoms with E-state index < -0.39 is 23.5 Å². The zero-order chi connectivity index (χ0) is 43.4. The number of amides is 1. The van der Waals surface area contributed by atoms with Crippen LogP contribution in [0.2, 0.25) is 5.15 Å². The fourth-order valence-electron chi connectivity index (χ4n) is 8.29. The molecule has 4 aromatic carbocycles. The molecule has 62 heavy (non-hydrogen) atoms. The molecule has 11 nitrogen and oxygen atoms in total. The van der Waals surface area contributed by atoms with Gasteiger partial charge in [-0.2, -0.15) is 0 Å². The number of nitrogens with one attached hydrogen (secondary N) is 1. The summed E-state index contributed by atoms with van der Waals surface area (Å²) in [6, 6.07) is 39.6. The summed E-state index contributed by atoms with van der Waals surface area (Å²) in [5.41, 5.74) is 7.07. The molecule has 6 aromatic rings. The van der Waals surface area contributed by atoms with Crippen LogP contribution >= 0.6 is 27.5 Å². The highest BCUT2D eigenvalue weighted by molar-refractivity contribution is 9.10. The average Bonchev–Trinajstić information content (AvgIpc) is 4.01. The molecule has 0 bridgehead atoms. The number of aromatic nitrogens is 6. The normalized spacial score (nSPS) is 12.6. The number of esters is 1. The van der Waals surface area contributed by atoms with Crippen molar-refractivity contribution in [2.24, 2.45) is 5.92 Å². The molecule has 13 heteroatoms. The lowest BCUT2D eigenvalue weighted by atomic mass is 9.77. The number of benzene rings is 4. The summed E-state index contributed by atoms with van der Waals surface area (Å²) in [5.74, 6) is -0.195. The van der Waals surface area contributed by atoms with Gasteiger partial charge in [0.15, 0.2) is 10.7 Å². The Hall–Kier alpha value is -6.37. The molecule has 2 atom stereocenters. The monoisotopic (exact) mass is 909 g/mol. The molecule has 0 unspecified atom stereocenters. The molecule has 0 saturated carbocycles. The molecule has 1 amide bonds. The summed E-state index contributed by atoms with van der Waals surface area (Å²) in [6.45, 7) is 7.95. The quantitative estimate of drug-likeness (QED) is 0.0795. The van der Waals surface area contributed by atoms with E-state index in [4.69, 9.17) is 36.2 Å². The van der Waals surface area contributed by atoms with Gasteiger partial charge >= 0.3 is 5.97 Å². The van der Waals surface area contributed by atoms with Crippen molar-refractivity contribution in [1.29, 1.82) is 0 Å². The number of ether oxygens (including phenoxy) is 1. The number of hydrogen-bond donors (Lipinski definition) is 1. The van der Waals surface area contributed by atoms with Crippen LogP contribution in [0.1, 0.15) is 72.7 Å². The van der Waals surface area contributed by atoms with Crippen molar-refractivity contribution < 1.29 is 18.7 Å². The highest BCUT2D eigenvalue weighted by Crippen LogP contribution is 2.49. The molecule has 2 aliphatic rings. The Bertz CT molecular complexity index is 2690. The molecule has 0 radical (unpaired) electrons. The maximum Gasteiger partial charge on any atom is 0.328 e. The highest BCUT2D eigenvalue weighted by Gasteiger charge is 2.41. The SMILES string of the molecule is CCOC(=O)[C@@H](NC(=O)c1c(Cl)nc(CC)n1Cc1c2ccocc-2c(Br)c1-c1ccccc1-c1nnn(C(c2ccccc2)(c2ccccc2)c2ccccc2)n1)[C@@H](C)CC. The van der Waals surface area contributed by atoms with E-state index in [1.54, 1.807) is 24.2 Å². The number of rotatable bonds is 15. The van der Waals surface area contributed by atoms with E-state index in [-0.39, 0.29) is 29.9 Å². The number of imidazole rings is 1. The smallest absolute Gasteiger partial charge is 0.328 e. The molecule has 314 valence electrons. The van der Waals surface area contributed by atoms with Crippen molar-refractivity contribution in [3.63, 3.8) is 0 Å². The Balaban J connectivity index is 1.28. The summed E-state index contributed by atoms with van der Waals surface area (Å²) in [7, 11) is 0. The van der Waals surface area contributed by atoms with Crippen molar-refractivity contribution in [1.82, 2.24) is 35.1 Å². The lowest BCUT2D eigenvalue weighted by Gasteiger charge is -2.34. The van der Waals surface area contributed by atoms with Gasteiger partial charge in [-0.25, -0.2) is 9.78 Å². The summed E-state index contributed by atoms with van der Waals surface area (Å²) < 4.78 is 13.7. The molecule has 1 aliphatic carbocycles. The van der Waals surface area contributed by atoms with Gasteiger partial charge in [0.25, 0.3) is 5.91 Å². The van der Waals surface area contributed by atoms with Gasteiger partial charge in [0.05, 0.1) is 25.7 Å². The number of halogens is 2. The van der Waals surface area contributed by atoms with Crippen LogP contribution in [-0.2, 0) is 28.0 Å². The largest absolute Gasteiger partial charge is 0.472 e. The maximum atomic E-state index is 14.3. The van der Waals surface area contributed by atoms with Crippen LogP contribution in [-0.4, -0.2) is 54.3 Å². The van der Waals surface area contributed by atoms with Crippen LogP contribution in [0.4, 0.5) is 0 Å². The minimum Gasteiger partial charge on any atom is -0.472 e. The van der Waals surface area contributed by atoms with Crippen LogP contribution in [0.25, 0.3) is 33.6 Å². The van der Waals surface area contributed by atoms with Gasteiger partial charge in [0.2, 0.25) is 5.82 Å². The maximum absolute atomic E-state index is 14.3. The molecular formula is C49H45BrClN7O4. The van der Waals surface area contributed by atoms with E-state index in [1.807, 2.05) is 110 Å².